The first-order chi connectivity index (χ1) is 13.5. The molecule has 28 heavy (non-hydrogen) atoms. The van der Waals surface area contributed by atoms with Crippen molar-refractivity contribution in [3.05, 3.63) is 65.7 Å². The normalized spacial score (nSPS) is 12.5. The number of nitrogens with one attached hydrogen (secondary N) is 1. The third kappa shape index (κ3) is 5.67. The molecule has 2 atom stereocenters. The van der Waals surface area contributed by atoms with Gasteiger partial charge in [-0.2, -0.15) is 0 Å². The molecule has 2 rings (SSSR count). The highest BCUT2D eigenvalue weighted by atomic mass is 16.5. The molecule has 148 valence electrons. The summed E-state index contributed by atoms with van der Waals surface area (Å²) in [6.07, 6.45) is 0.720. The zero-order valence-corrected chi connectivity index (χ0v) is 16.3. The van der Waals surface area contributed by atoms with Crippen LogP contribution in [0.3, 0.4) is 0 Å². The molecule has 0 saturated carbocycles. The molecular weight excluding hydrogens is 358 g/mol. The summed E-state index contributed by atoms with van der Waals surface area (Å²) in [5.74, 6) is -0.580. The number of methoxy groups -OCH3 is 1. The summed E-state index contributed by atoms with van der Waals surface area (Å²) < 4.78 is 10.2. The van der Waals surface area contributed by atoms with Crippen LogP contribution in [0.2, 0.25) is 0 Å². The van der Waals surface area contributed by atoms with Gasteiger partial charge in [0, 0.05) is 11.1 Å². The molecule has 0 aliphatic heterocycles. The molecule has 6 nitrogen and oxygen atoms in total. The van der Waals surface area contributed by atoms with Crippen LogP contribution in [0.1, 0.15) is 36.2 Å². The van der Waals surface area contributed by atoms with Gasteiger partial charge in [-0.15, -0.1) is 0 Å². The van der Waals surface area contributed by atoms with E-state index >= 15 is 0 Å². The topological polar surface area (TPSA) is 81.7 Å². The van der Waals surface area contributed by atoms with Gasteiger partial charge in [-0.3, -0.25) is 9.59 Å². The van der Waals surface area contributed by atoms with Crippen LogP contribution in [0.4, 0.5) is 0 Å². The number of esters is 1. The van der Waals surface area contributed by atoms with Crippen molar-refractivity contribution in [3.8, 4) is 5.75 Å². The maximum atomic E-state index is 12.4. The summed E-state index contributed by atoms with van der Waals surface area (Å²) >= 11 is 0. The van der Waals surface area contributed by atoms with E-state index in [1.165, 1.54) is 7.11 Å². The van der Waals surface area contributed by atoms with Gasteiger partial charge >= 0.3 is 5.97 Å². The lowest BCUT2D eigenvalue weighted by Crippen LogP contribution is -2.47. The van der Waals surface area contributed by atoms with E-state index in [4.69, 9.17) is 9.47 Å². The van der Waals surface area contributed by atoms with Crippen molar-refractivity contribution in [2.24, 2.45) is 5.92 Å². The Morgan fingerprint density at radius 2 is 1.57 bits per heavy atom. The lowest BCUT2D eigenvalue weighted by atomic mass is 9.99. The zero-order valence-electron chi connectivity index (χ0n) is 16.3. The Labute approximate surface area is 164 Å². The second kappa shape index (κ2) is 10.3. The van der Waals surface area contributed by atoms with Crippen LogP contribution in [0.15, 0.2) is 54.6 Å². The molecule has 0 heterocycles. The Morgan fingerprint density at radius 3 is 2.14 bits per heavy atom. The van der Waals surface area contributed by atoms with E-state index in [2.05, 4.69) is 5.32 Å². The first-order valence-electron chi connectivity index (χ1n) is 9.16. The van der Waals surface area contributed by atoms with Gasteiger partial charge in [0.1, 0.15) is 11.8 Å². The number of amides is 1. The largest absolute Gasteiger partial charge is 0.484 e. The molecule has 0 aromatic heterocycles. The molecule has 0 aliphatic carbocycles. The van der Waals surface area contributed by atoms with Crippen molar-refractivity contribution >= 4 is 17.7 Å². The molecule has 1 amide bonds. The minimum atomic E-state index is -0.711. The number of ketones is 1. The second-order valence-electron chi connectivity index (χ2n) is 6.46. The molecule has 0 spiro atoms. The molecule has 2 unspecified atom stereocenters. The average Bonchev–Trinajstić information content (AvgIpc) is 2.75. The molecule has 6 heteroatoms. The van der Waals surface area contributed by atoms with E-state index in [-0.39, 0.29) is 18.3 Å². The van der Waals surface area contributed by atoms with E-state index in [9.17, 15) is 14.4 Å². The van der Waals surface area contributed by atoms with Crippen LogP contribution in [-0.4, -0.2) is 37.4 Å². The Kier molecular flexibility index (Phi) is 7.75. The molecule has 2 aromatic rings. The lowest BCUT2D eigenvalue weighted by Gasteiger charge is -2.21. The molecule has 2 aromatic carbocycles. The van der Waals surface area contributed by atoms with Crippen LogP contribution < -0.4 is 10.1 Å². The van der Waals surface area contributed by atoms with Crippen molar-refractivity contribution in [1.82, 2.24) is 5.32 Å². The summed E-state index contributed by atoms with van der Waals surface area (Å²) in [5, 5.41) is 2.65. The fraction of sp³-hybridized carbons (Fsp3) is 0.318. The number of ether oxygens (including phenoxy) is 2. The van der Waals surface area contributed by atoms with Crippen molar-refractivity contribution in [2.45, 2.75) is 26.3 Å². The van der Waals surface area contributed by atoms with Crippen molar-refractivity contribution < 1.29 is 23.9 Å². The fourth-order valence-corrected chi connectivity index (χ4v) is 2.62. The van der Waals surface area contributed by atoms with Crippen LogP contribution in [0.5, 0.6) is 5.75 Å². The number of carbonyl (C=O) groups is 3. The van der Waals surface area contributed by atoms with Gasteiger partial charge in [0.2, 0.25) is 0 Å². The number of rotatable bonds is 9. The summed E-state index contributed by atoms with van der Waals surface area (Å²) in [4.78, 5) is 36.3. The van der Waals surface area contributed by atoms with E-state index < -0.39 is 17.9 Å². The van der Waals surface area contributed by atoms with Gasteiger partial charge in [-0.05, 0) is 30.2 Å². The first kappa shape index (κ1) is 21.2. The van der Waals surface area contributed by atoms with Crippen molar-refractivity contribution in [1.29, 1.82) is 0 Å². The highest BCUT2D eigenvalue weighted by Gasteiger charge is 2.26. The SMILES string of the molecule is CCC(C)C(NC(=O)COc1ccc(C(=O)c2ccccc2)cc1)C(=O)OC. The predicted octanol–water partition coefficient (Wildman–Crippen LogP) is 3.00. The van der Waals surface area contributed by atoms with Gasteiger partial charge in [0.25, 0.3) is 5.91 Å². The highest BCUT2D eigenvalue weighted by Crippen LogP contribution is 2.16. The number of carbonyl (C=O) groups excluding carboxylic acids is 3. The van der Waals surface area contributed by atoms with Crippen LogP contribution in [0.25, 0.3) is 0 Å². The van der Waals surface area contributed by atoms with E-state index in [0.29, 0.717) is 16.9 Å². The molecular formula is C22H25NO5. The number of benzene rings is 2. The Hall–Kier alpha value is -3.15. The van der Waals surface area contributed by atoms with Gasteiger partial charge in [-0.1, -0.05) is 50.6 Å². The summed E-state index contributed by atoms with van der Waals surface area (Å²) in [6.45, 7) is 3.56. The number of hydrogen-bond acceptors (Lipinski definition) is 5. The Morgan fingerprint density at radius 1 is 0.964 bits per heavy atom. The minimum absolute atomic E-state index is 0.0558. The highest BCUT2D eigenvalue weighted by molar-refractivity contribution is 6.09. The van der Waals surface area contributed by atoms with Crippen molar-refractivity contribution in [2.75, 3.05) is 13.7 Å². The molecule has 1 N–H and O–H groups in total. The quantitative estimate of drug-likeness (QED) is 0.532. The molecule has 0 bridgehead atoms. The monoisotopic (exact) mass is 383 g/mol. The maximum Gasteiger partial charge on any atom is 0.328 e. The van der Waals surface area contributed by atoms with Crippen LogP contribution in [0, 0.1) is 5.92 Å². The Balaban J connectivity index is 1.92. The van der Waals surface area contributed by atoms with Crippen LogP contribution >= 0.6 is 0 Å². The van der Waals surface area contributed by atoms with Crippen molar-refractivity contribution in [3.63, 3.8) is 0 Å². The smallest absolute Gasteiger partial charge is 0.328 e. The summed E-state index contributed by atoms with van der Waals surface area (Å²) in [6, 6.07) is 14.8. The summed E-state index contributed by atoms with van der Waals surface area (Å²) in [7, 11) is 1.29. The Bertz CT molecular complexity index is 801. The fourth-order valence-electron chi connectivity index (χ4n) is 2.62. The van der Waals surface area contributed by atoms with Gasteiger partial charge in [-0.25, -0.2) is 4.79 Å². The lowest BCUT2D eigenvalue weighted by molar-refractivity contribution is -0.146. The third-order valence-corrected chi connectivity index (χ3v) is 4.51. The van der Waals surface area contributed by atoms with Crippen LogP contribution in [-0.2, 0) is 14.3 Å². The maximum absolute atomic E-state index is 12.4. The van der Waals surface area contributed by atoms with Gasteiger partial charge in [0.05, 0.1) is 7.11 Å². The predicted molar refractivity (Wildman–Crippen MR) is 105 cm³/mol. The van der Waals surface area contributed by atoms with E-state index in [0.717, 1.165) is 6.42 Å². The molecule has 0 radical (unpaired) electrons. The van der Waals surface area contributed by atoms with E-state index in [1.807, 2.05) is 32.0 Å². The summed E-state index contributed by atoms with van der Waals surface area (Å²) in [5.41, 5.74) is 1.14. The molecule has 0 aliphatic rings. The molecule has 0 fully saturated rings. The molecule has 0 saturated heterocycles. The third-order valence-electron chi connectivity index (χ3n) is 4.51. The van der Waals surface area contributed by atoms with E-state index in [1.54, 1.807) is 36.4 Å². The minimum Gasteiger partial charge on any atom is -0.484 e. The number of hydrogen-bond donors (Lipinski definition) is 1. The second-order valence-corrected chi connectivity index (χ2v) is 6.46. The standard InChI is InChI=1S/C22H25NO5/c1-4-15(2)20(22(26)27-3)23-19(24)14-28-18-12-10-17(11-13-18)21(25)16-8-6-5-7-9-16/h5-13,15,20H,4,14H2,1-3H3,(H,23,24). The average molecular weight is 383 g/mol. The first-order valence-corrected chi connectivity index (χ1v) is 9.16. The van der Waals surface area contributed by atoms with Gasteiger partial charge < -0.3 is 14.8 Å². The zero-order chi connectivity index (χ0) is 20.5. The van der Waals surface area contributed by atoms with Gasteiger partial charge in [0.15, 0.2) is 12.4 Å².